The highest BCUT2D eigenvalue weighted by molar-refractivity contribution is 5.88. The second-order valence-corrected chi connectivity index (χ2v) is 8.29. The van der Waals surface area contributed by atoms with Crippen molar-refractivity contribution in [1.82, 2.24) is 20.3 Å². The first-order chi connectivity index (χ1) is 13.5. The van der Waals surface area contributed by atoms with E-state index < -0.39 is 0 Å². The molecule has 0 aliphatic carbocycles. The molecule has 0 saturated heterocycles. The molecule has 1 aromatic carbocycles. The molecule has 5 nitrogen and oxygen atoms in total. The van der Waals surface area contributed by atoms with Gasteiger partial charge in [0, 0.05) is 31.0 Å². The highest BCUT2D eigenvalue weighted by Gasteiger charge is 2.15. The Balaban J connectivity index is 1.68. The fourth-order valence-corrected chi connectivity index (χ4v) is 3.42. The van der Waals surface area contributed by atoms with Gasteiger partial charge in [0.2, 0.25) is 0 Å². The largest absolute Gasteiger partial charge is 0.364 e. The Kier molecular flexibility index (Phi) is 5.09. The van der Waals surface area contributed by atoms with Crippen LogP contribution in [-0.2, 0) is 5.41 Å². The van der Waals surface area contributed by atoms with E-state index in [1.165, 1.54) is 11.1 Å². The first-order valence-electron chi connectivity index (χ1n) is 9.86. The fraction of sp³-hybridized carbons (Fsp3) is 0.348. The summed E-state index contributed by atoms with van der Waals surface area (Å²) < 4.78 is 0. The molecule has 3 aromatic rings. The SMILES string of the molecule is CC(C)(C)c1ccc(-c2cc3nccnc3c(NCC3=CCCNC3)n2)cc1. The Bertz CT molecular complexity index is 1000. The van der Waals surface area contributed by atoms with Gasteiger partial charge in [0.15, 0.2) is 5.82 Å². The summed E-state index contributed by atoms with van der Waals surface area (Å²) in [6.45, 7) is 9.41. The maximum atomic E-state index is 4.89. The minimum absolute atomic E-state index is 0.134. The summed E-state index contributed by atoms with van der Waals surface area (Å²) in [5.41, 5.74) is 6.45. The van der Waals surface area contributed by atoms with Crippen molar-refractivity contribution in [2.24, 2.45) is 0 Å². The second-order valence-electron chi connectivity index (χ2n) is 8.29. The maximum Gasteiger partial charge on any atom is 0.155 e. The van der Waals surface area contributed by atoms with E-state index in [0.717, 1.165) is 54.2 Å². The van der Waals surface area contributed by atoms with E-state index in [2.05, 4.69) is 71.7 Å². The van der Waals surface area contributed by atoms with Crippen LogP contribution >= 0.6 is 0 Å². The molecule has 0 amide bonds. The average molecular weight is 374 g/mol. The lowest BCUT2D eigenvalue weighted by molar-refractivity contribution is 0.590. The zero-order chi connectivity index (χ0) is 19.6. The van der Waals surface area contributed by atoms with Crippen LogP contribution < -0.4 is 10.6 Å². The van der Waals surface area contributed by atoms with Crippen LogP contribution in [0, 0.1) is 0 Å². The molecule has 2 aromatic heterocycles. The van der Waals surface area contributed by atoms with Crippen molar-refractivity contribution in [3.8, 4) is 11.3 Å². The van der Waals surface area contributed by atoms with Crippen molar-refractivity contribution in [1.29, 1.82) is 0 Å². The highest BCUT2D eigenvalue weighted by Crippen LogP contribution is 2.28. The number of nitrogens with one attached hydrogen (secondary N) is 2. The van der Waals surface area contributed by atoms with Gasteiger partial charge < -0.3 is 10.6 Å². The van der Waals surface area contributed by atoms with E-state index in [1.807, 2.05) is 6.07 Å². The number of fused-ring (bicyclic) bond motifs is 1. The van der Waals surface area contributed by atoms with Crippen LogP contribution in [0.3, 0.4) is 0 Å². The monoisotopic (exact) mass is 373 g/mol. The number of benzene rings is 1. The number of rotatable bonds is 4. The third kappa shape index (κ3) is 4.04. The smallest absolute Gasteiger partial charge is 0.155 e. The van der Waals surface area contributed by atoms with Crippen LogP contribution in [0.1, 0.15) is 32.8 Å². The molecule has 2 N–H and O–H groups in total. The van der Waals surface area contributed by atoms with Crippen molar-refractivity contribution >= 4 is 16.9 Å². The van der Waals surface area contributed by atoms with Crippen LogP contribution in [0.25, 0.3) is 22.3 Å². The van der Waals surface area contributed by atoms with Crippen LogP contribution in [0.5, 0.6) is 0 Å². The molecule has 144 valence electrons. The summed E-state index contributed by atoms with van der Waals surface area (Å²) in [6, 6.07) is 10.7. The summed E-state index contributed by atoms with van der Waals surface area (Å²) >= 11 is 0. The zero-order valence-corrected chi connectivity index (χ0v) is 16.8. The topological polar surface area (TPSA) is 62.7 Å². The van der Waals surface area contributed by atoms with Crippen LogP contribution in [0.2, 0.25) is 0 Å². The molecule has 0 spiro atoms. The zero-order valence-electron chi connectivity index (χ0n) is 16.8. The third-order valence-corrected chi connectivity index (χ3v) is 5.09. The van der Waals surface area contributed by atoms with Gasteiger partial charge in [-0.05, 0) is 35.6 Å². The number of hydrogen-bond acceptors (Lipinski definition) is 5. The molecule has 1 aliphatic heterocycles. The van der Waals surface area contributed by atoms with Gasteiger partial charge in [-0.3, -0.25) is 4.98 Å². The number of pyridine rings is 1. The Hall–Kier alpha value is -2.79. The van der Waals surface area contributed by atoms with Crippen molar-refractivity contribution in [2.45, 2.75) is 32.6 Å². The van der Waals surface area contributed by atoms with Gasteiger partial charge in [0.05, 0.1) is 11.2 Å². The lowest BCUT2D eigenvalue weighted by Crippen LogP contribution is -2.25. The number of anilines is 1. The van der Waals surface area contributed by atoms with Crippen molar-refractivity contribution in [3.63, 3.8) is 0 Å². The first kappa shape index (κ1) is 18.6. The fourth-order valence-electron chi connectivity index (χ4n) is 3.42. The van der Waals surface area contributed by atoms with Crippen LogP contribution in [0.4, 0.5) is 5.82 Å². The molecule has 0 fully saturated rings. The van der Waals surface area contributed by atoms with E-state index in [9.17, 15) is 0 Å². The van der Waals surface area contributed by atoms with Gasteiger partial charge in [-0.1, -0.05) is 51.1 Å². The summed E-state index contributed by atoms with van der Waals surface area (Å²) in [6.07, 6.45) is 6.82. The highest BCUT2D eigenvalue weighted by atomic mass is 15.0. The van der Waals surface area contributed by atoms with Crippen molar-refractivity contribution < 1.29 is 0 Å². The third-order valence-electron chi connectivity index (χ3n) is 5.09. The van der Waals surface area contributed by atoms with E-state index in [4.69, 9.17) is 4.98 Å². The summed E-state index contributed by atoms with van der Waals surface area (Å²) in [7, 11) is 0. The van der Waals surface area contributed by atoms with Crippen LogP contribution in [-0.4, -0.2) is 34.6 Å². The molecule has 0 bridgehead atoms. The van der Waals surface area contributed by atoms with Crippen molar-refractivity contribution in [2.75, 3.05) is 25.0 Å². The molecule has 5 heteroatoms. The van der Waals surface area contributed by atoms with Gasteiger partial charge in [-0.25, -0.2) is 9.97 Å². The van der Waals surface area contributed by atoms with E-state index in [-0.39, 0.29) is 5.41 Å². The van der Waals surface area contributed by atoms with Gasteiger partial charge in [0.1, 0.15) is 5.52 Å². The molecule has 3 heterocycles. The molecule has 1 aliphatic rings. The van der Waals surface area contributed by atoms with Crippen LogP contribution in [0.15, 0.2) is 54.4 Å². The van der Waals surface area contributed by atoms with E-state index >= 15 is 0 Å². The molecule has 0 atom stereocenters. The van der Waals surface area contributed by atoms with Crippen molar-refractivity contribution in [3.05, 3.63) is 59.9 Å². The average Bonchev–Trinajstić information content (AvgIpc) is 2.72. The summed E-state index contributed by atoms with van der Waals surface area (Å²) in [4.78, 5) is 13.9. The molecular formula is C23H27N5. The predicted molar refractivity (Wildman–Crippen MR) is 116 cm³/mol. The minimum Gasteiger partial charge on any atom is -0.364 e. The molecule has 0 unspecified atom stereocenters. The Morgan fingerprint density at radius 1 is 1.07 bits per heavy atom. The Morgan fingerprint density at radius 3 is 2.57 bits per heavy atom. The lowest BCUT2D eigenvalue weighted by atomic mass is 9.86. The predicted octanol–water partition coefficient (Wildman–Crippen LogP) is 4.32. The number of hydrogen-bond donors (Lipinski definition) is 2. The quantitative estimate of drug-likeness (QED) is 0.667. The number of aromatic nitrogens is 3. The molecule has 4 rings (SSSR count). The lowest BCUT2D eigenvalue weighted by Gasteiger charge is -2.19. The molecule has 0 saturated carbocycles. The summed E-state index contributed by atoms with van der Waals surface area (Å²) in [5.74, 6) is 0.784. The summed E-state index contributed by atoms with van der Waals surface area (Å²) in [5, 5.41) is 6.89. The Morgan fingerprint density at radius 2 is 1.86 bits per heavy atom. The minimum atomic E-state index is 0.134. The van der Waals surface area contributed by atoms with Gasteiger partial charge in [-0.15, -0.1) is 0 Å². The Labute approximate surface area is 166 Å². The second kappa shape index (κ2) is 7.68. The maximum absolute atomic E-state index is 4.89. The van der Waals surface area contributed by atoms with E-state index in [0.29, 0.717) is 0 Å². The molecule has 28 heavy (non-hydrogen) atoms. The first-order valence-corrected chi connectivity index (χ1v) is 9.86. The number of nitrogens with zero attached hydrogens (tertiary/aromatic N) is 3. The molecule has 0 radical (unpaired) electrons. The van der Waals surface area contributed by atoms with Gasteiger partial charge >= 0.3 is 0 Å². The molecular weight excluding hydrogens is 346 g/mol. The standard InChI is InChI=1S/C23H27N5/c1-23(2,3)18-8-6-17(7-9-18)19-13-20-21(26-12-11-25-20)22(28-19)27-15-16-5-4-10-24-14-16/h5-9,11-13,24H,4,10,14-15H2,1-3H3,(H,27,28). The van der Waals surface area contributed by atoms with Gasteiger partial charge in [0.25, 0.3) is 0 Å². The normalized spacial score (nSPS) is 14.8. The van der Waals surface area contributed by atoms with Gasteiger partial charge in [-0.2, -0.15) is 0 Å². The van der Waals surface area contributed by atoms with E-state index in [1.54, 1.807) is 12.4 Å².